The normalized spacial score (nSPS) is 30.1. The quantitative estimate of drug-likeness (QED) is 0.108. The second kappa shape index (κ2) is 24.7. The molecule has 0 aromatic heterocycles. The summed E-state index contributed by atoms with van der Waals surface area (Å²) in [6, 6.07) is 1.55. The van der Waals surface area contributed by atoms with E-state index >= 15 is 0 Å². The monoisotopic (exact) mass is 959 g/mol. The first-order chi connectivity index (χ1) is 29.4. The molecule has 9 amide bonds. The van der Waals surface area contributed by atoms with Crippen LogP contribution in [0.15, 0.2) is 0 Å². The van der Waals surface area contributed by atoms with Gasteiger partial charge < -0.3 is 31.2 Å². The molecule has 352 valence electrons. The molecule has 4 rings (SSSR count). The van der Waals surface area contributed by atoms with Gasteiger partial charge in [0.1, 0.15) is 0 Å². The first kappa shape index (κ1) is 57.2. The van der Waals surface area contributed by atoms with Gasteiger partial charge in [0.25, 0.3) is 0 Å². The van der Waals surface area contributed by atoms with Gasteiger partial charge in [0.05, 0.1) is 0 Å². The van der Waals surface area contributed by atoms with Crippen LogP contribution in [0, 0.1) is 30.3 Å². The number of aliphatic hydroxyl groups is 1. The zero-order valence-electron chi connectivity index (χ0n) is 38.6. The van der Waals surface area contributed by atoms with Crippen LogP contribution in [-0.2, 0) is 69.2 Å². The number of imide groups is 9. The standard InChI is InChI=1S/C38H59N3O15Si4.C2H3O.Li/c1-26(44)39-33(47)22-30(36(39)50)13-9-19-58(5)53-57(4,18-8-12-29(25-43)16-17-42)54-59(6,20-10-14-31-23-34(48)40(27(2)45)37(31)51)56-60(7,55-58)21-11-15-32-24-35(49)41(28(3)46)38(32)52;1-2-3;/h25,29-32,43H,8-16,18-24H2,1-7H3;1H3;/q-2;-1;+1. The predicted molar refractivity (Wildman–Crippen MR) is 230 cm³/mol. The summed E-state index contributed by atoms with van der Waals surface area (Å²) in [6.45, 7) is 13.4. The minimum atomic E-state index is -3.34. The van der Waals surface area contributed by atoms with Crippen molar-refractivity contribution in [1.29, 1.82) is 0 Å². The van der Waals surface area contributed by atoms with Crippen LogP contribution in [0.25, 0.3) is 0 Å². The second-order valence-electron chi connectivity index (χ2n) is 17.4. The van der Waals surface area contributed by atoms with E-state index < -0.39 is 111 Å². The molecule has 4 heterocycles. The fourth-order valence-corrected chi connectivity index (χ4v) is 32.5. The zero-order valence-corrected chi connectivity index (χ0v) is 42.6. The molecule has 4 saturated heterocycles. The molecule has 0 spiro atoms. The number of hydrogen-bond donors (Lipinski definition) is 1. The average Bonchev–Trinajstić information content (AvgIpc) is 3.72. The average molecular weight is 960 g/mol. The van der Waals surface area contributed by atoms with Gasteiger partial charge in [-0.2, -0.15) is 19.3 Å². The third-order valence-electron chi connectivity index (χ3n) is 11.7. The summed E-state index contributed by atoms with van der Waals surface area (Å²) in [5.41, 5.74) is 0. The molecule has 4 fully saturated rings. The Morgan fingerprint density at radius 2 is 0.875 bits per heavy atom. The molecular weight excluding hydrogens is 898 g/mol. The number of hydrogen-bond acceptors (Lipinski definition) is 16. The SMILES string of the molecule is CC(=O)N1C(=O)CC(CCC[Si]2(C)O[Si](C)(CCCC([CH-]O)C[C-]=O)O[Si](C)(CCCC3CC(=O)N(C(C)=O)C3=O)O[Si](C)(CCCC3CC(=O)N(C(C)=O)C3=O)O2)C1=O.C[C-]=O.[Li+]. The minimum absolute atomic E-state index is 0. The van der Waals surface area contributed by atoms with Crippen molar-refractivity contribution >= 4 is 100.0 Å². The molecule has 0 radical (unpaired) electrons. The topological polar surface area (TPSA) is 255 Å². The first-order valence-electron chi connectivity index (χ1n) is 21.4. The van der Waals surface area contributed by atoms with E-state index in [0.29, 0.717) is 90.2 Å². The number of amides is 9. The number of rotatable bonds is 19. The Bertz CT molecular complexity index is 1730. The fraction of sp³-hybridized carbons (Fsp3) is 0.700. The molecule has 0 aliphatic carbocycles. The Labute approximate surface area is 391 Å². The summed E-state index contributed by atoms with van der Waals surface area (Å²) in [5, 5.41) is 9.74. The Morgan fingerprint density at radius 1 is 0.609 bits per heavy atom. The third kappa shape index (κ3) is 15.3. The maximum absolute atomic E-state index is 13.0. The van der Waals surface area contributed by atoms with E-state index in [1.807, 2.05) is 32.5 Å². The van der Waals surface area contributed by atoms with Crippen molar-refractivity contribution in [1.82, 2.24) is 14.7 Å². The Balaban J connectivity index is 0.00000342. The van der Waals surface area contributed by atoms with E-state index in [1.165, 1.54) is 34.0 Å². The Kier molecular flexibility index (Phi) is 22.1. The van der Waals surface area contributed by atoms with Crippen LogP contribution >= 0.6 is 0 Å². The van der Waals surface area contributed by atoms with Crippen LogP contribution in [-0.4, -0.2) is 120 Å². The second-order valence-corrected chi connectivity index (χ2v) is 31.8. The van der Waals surface area contributed by atoms with E-state index in [0.717, 1.165) is 6.61 Å². The number of nitrogens with zero attached hydrogens (tertiary/aromatic N) is 3. The molecular formula is C40H62LiN3O16Si4-2. The van der Waals surface area contributed by atoms with Gasteiger partial charge in [-0.1, -0.05) is 32.1 Å². The molecule has 4 aliphatic heterocycles. The number of carbonyl (C=O) groups excluding carboxylic acids is 11. The zero-order chi connectivity index (χ0) is 47.5. The molecule has 4 aliphatic rings. The van der Waals surface area contributed by atoms with Crippen molar-refractivity contribution in [2.24, 2.45) is 23.7 Å². The molecule has 6 unspecified atom stereocenters. The maximum Gasteiger partial charge on any atom is 1.00 e. The summed E-state index contributed by atoms with van der Waals surface area (Å²) >= 11 is 0. The van der Waals surface area contributed by atoms with Gasteiger partial charge in [0.15, 0.2) is 0 Å². The van der Waals surface area contributed by atoms with Crippen molar-refractivity contribution in [2.75, 3.05) is 0 Å². The summed E-state index contributed by atoms with van der Waals surface area (Å²) in [5.74, 6) is -7.55. The van der Waals surface area contributed by atoms with Crippen molar-refractivity contribution in [3.8, 4) is 0 Å². The van der Waals surface area contributed by atoms with Crippen LogP contribution in [0.5, 0.6) is 0 Å². The van der Waals surface area contributed by atoms with E-state index in [9.17, 15) is 53.1 Å². The van der Waals surface area contributed by atoms with Gasteiger partial charge in [-0.25, -0.2) is 21.3 Å². The van der Waals surface area contributed by atoms with Crippen LogP contribution in [0.1, 0.15) is 105 Å². The number of carbonyl (C=O) groups is 9. The molecule has 0 aromatic carbocycles. The summed E-state index contributed by atoms with van der Waals surface area (Å²) in [6.07, 6.45) is 6.24. The van der Waals surface area contributed by atoms with Crippen molar-refractivity contribution in [3.05, 3.63) is 6.61 Å². The fourth-order valence-electron chi connectivity index (χ4n) is 9.10. The van der Waals surface area contributed by atoms with Crippen molar-refractivity contribution in [3.63, 3.8) is 0 Å². The van der Waals surface area contributed by atoms with Crippen LogP contribution in [0.3, 0.4) is 0 Å². The third-order valence-corrected chi connectivity index (χ3v) is 30.6. The van der Waals surface area contributed by atoms with Gasteiger partial charge >= 0.3 is 53.1 Å². The molecule has 1 N–H and O–H groups in total. The summed E-state index contributed by atoms with van der Waals surface area (Å²) in [4.78, 5) is 134. The summed E-state index contributed by atoms with van der Waals surface area (Å²) in [7, 11) is -13.2. The van der Waals surface area contributed by atoms with Crippen molar-refractivity contribution in [2.45, 2.75) is 155 Å². The maximum atomic E-state index is 13.0. The molecule has 0 saturated carbocycles. The predicted octanol–water partition coefficient (Wildman–Crippen LogP) is 1.01. The van der Waals surface area contributed by atoms with Gasteiger partial charge in [0, 0.05) is 57.8 Å². The van der Waals surface area contributed by atoms with E-state index in [-0.39, 0.29) is 44.5 Å². The van der Waals surface area contributed by atoms with Gasteiger partial charge in [-0.05, 0) is 69.6 Å². The minimum Gasteiger partial charge on any atom is -0.566 e. The molecule has 0 bridgehead atoms. The van der Waals surface area contributed by atoms with E-state index in [2.05, 4.69) is 0 Å². The Hall–Kier alpha value is -2.97. The smallest absolute Gasteiger partial charge is 0.566 e. The van der Waals surface area contributed by atoms with Crippen LogP contribution < -0.4 is 18.9 Å². The van der Waals surface area contributed by atoms with E-state index in [4.69, 9.17) is 21.3 Å². The van der Waals surface area contributed by atoms with E-state index in [1.54, 1.807) is 0 Å². The van der Waals surface area contributed by atoms with Gasteiger partial charge in [0.2, 0.25) is 53.2 Å². The van der Waals surface area contributed by atoms with Crippen LogP contribution in [0.4, 0.5) is 0 Å². The Morgan fingerprint density at radius 3 is 1.09 bits per heavy atom. The van der Waals surface area contributed by atoms with Crippen LogP contribution in [0.2, 0.25) is 50.4 Å². The van der Waals surface area contributed by atoms with Gasteiger partial charge in [-0.3, -0.25) is 55.7 Å². The summed E-state index contributed by atoms with van der Waals surface area (Å²) < 4.78 is 28.7. The number of aliphatic hydroxyl groups excluding tert-OH is 1. The molecule has 0 aromatic rings. The van der Waals surface area contributed by atoms with Gasteiger partial charge in [-0.15, -0.1) is 0 Å². The molecule has 19 nitrogen and oxygen atoms in total. The molecule has 6 atom stereocenters. The number of likely N-dealkylation sites (tertiary alicyclic amines) is 3. The largest absolute Gasteiger partial charge is 1.00 e. The van der Waals surface area contributed by atoms with Crippen molar-refractivity contribution < 1.29 is 93.2 Å². The molecule has 64 heavy (non-hydrogen) atoms. The first-order valence-corrected chi connectivity index (χ1v) is 31.5. The molecule has 24 heteroatoms.